The van der Waals surface area contributed by atoms with Crippen LogP contribution in [-0.4, -0.2) is 44.4 Å². The van der Waals surface area contributed by atoms with Crippen LogP contribution in [0.5, 0.6) is 0 Å². The zero-order valence-electron chi connectivity index (χ0n) is 11.3. The maximum absolute atomic E-state index is 12.6. The summed E-state index contributed by atoms with van der Waals surface area (Å²) in [5.41, 5.74) is 0.273. The van der Waals surface area contributed by atoms with Crippen LogP contribution in [0.3, 0.4) is 0 Å². The van der Waals surface area contributed by atoms with E-state index < -0.39 is 12.0 Å². The second-order valence-corrected chi connectivity index (χ2v) is 5.96. The largest absolute Gasteiger partial charge is 0.480 e. The molecule has 1 amide bonds. The van der Waals surface area contributed by atoms with Crippen molar-refractivity contribution < 1.29 is 14.7 Å². The quantitative estimate of drug-likeness (QED) is 0.861. The number of nitrogens with one attached hydrogen (secondary N) is 1. The van der Waals surface area contributed by atoms with Crippen LogP contribution in [0.4, 0.5) is 0 Å². The van der Waals surface area contributed by atoms with Crippen molar-refractivity contribution >= 4 is 33.4 Å². The summed E-state index contributed by atoms with van der Waals surface area (Å²) in [4.78, 5) is 44.4. The number of hydrogen-bond donors (Lipinski definition) is 2. The number of rotatable bonds is 2. The monoisotopic (exact) mass is 307 g/mol. The third-order valence-corrected chi connectivity index (χ3v) is 4.91. The van der Waals surface area contributed by atoms with Gasteiger partial charge in [-0.15, -0.1) is 11.3 Å². The Morgan fingerprint density at radius 2 is 2.29 bits per heavy atom. The number of aromatic amines is 1. The number of likely N-dealkylation sites (tertiary alicyclic amines) is 1. The maximum Gasteiger partial charge on any atom is 0.326 e. The lowest BCUT2D eigenvalue weighted by molar-refractivity contribution is -0.141. The number of aromatic nitrogens is 2. The standard InChI is InChI=1S/C13H13N3O4S/c1-6-8-10(17)14-5-15-11(8)21-9(6)12(18)16-4-2-3-7(16)13(19)20/h5,7H,2-4H2,1H3,(H,19,20)(H,14,15,17). The average molecular weight is 307 g/mol. The molecule has 8 heteroatoms. The summed E-state index contributed by atoms with van der Waals surface area (Å²) in [6.45, 7) is 2.11. The molecule has 2 aromatic heterocycles. The highest BCUT2D eigenvalue weighted by Crippen LogP contribution is 2.30. The molecule has 7 nitrogen and oxygen atoms in total. The summed E-state index contributed by atoms with van der Waals surface area (Å²) in [7, 11) is 0. The van der Waals surface area contributed by atoms with Crippen LogP contribution in [0.25, 0.3) is 10.2 Å². The number of carbonyl (C=O) groups is 2. The minimum Gasteiger partial charge on any atom is -0.480 e. The van der Waals surface area contributed by atoms with Gasteiger partial charge in [-0.05, 0) is 25.3 Å². The minimum absolute atomic E-state index is 0.288. The van der Waals surface area contributed by atoms with Gasteiger partial charge in [0.1, 0.15) is 10.9 Å². The predicted octanol–water partition coefficient (Wildman–Crippen LogP) is 0.982. The van der Waals surface area contributed by atoms with Gasteiger partial charge in [0, 0.05) is 6.54 Å². The van der Waals surface area contributed by atoms with E-state index in [-0.39, 0.29) is 11.5 Å². The Morgan fingerprint density at radius 3 is 2.95 bits per heavy atom. The Balaban J connectivity index is 2.06. The van der Waals surface area contributed by atoms with Crippen LogP contribution in [0.1, 0.15) is 28.1 Å². The number of carboxylic acids is 1. The van der Waals surface area contributed by atoms with Crippen LogP contribution in [0.15, 0.2) is 11.1 Å². The van der Waals surface area contributed by atoms with Crippen LogP contribution >= 0.6 is 11.3 Å². The highest BCUT2D eigenvalue weighted by atomic mass is 32.1. The third kappa shape index (κ3) is 2.11. The van der Waals surface area contributed by atoms with Gasteiger partial charge in [0.25, 0.3) is 11.5 Å². The average Bonchev–Trinajstić information content (AvgIpc) is 3.04. The number of carboxylic acid groups (broad SMARTS) is 1. The van der Waals surface area contributed by atoms with E-state index >= 15 is 0 Å². The van der Waals surface area contributed by atoms with Gasteiger partial charge in [-0.25, -0.2) is 9.78 Å². The van der Waals surface area contributed by atoms with Crippen molar-refractivity contribution in [2.75, 3.05) is 6.54 Å². The number of amides is 1. The third-order valence-electron chi connectivity index (χ3n) is 3.73. The maximum atomic E-state index is 12.6. The summed E-state index contributed by atoms with van der Waals surface area (Å²) in [6.07, 6.45) is 2.43. The zero-order chi connectivity index (χ0) is 15.1. The van der Waals surface area contributed by atoms with Gasteiger partial charge in [0.15, 0.2) is 0 Å². The molecule has 3 heterocycles. The molecular weight excluding hydrogens is 294 g/mol. The number of hydrogen-bond acceptors (Lipinski definition) is 5. The molecule has 1 fully saturated rings. The van der Waals surface area contributed by atoms with Gasteiger partial charge in [0.05, 0.1) is 16.6 Å². The normalized spacial score (nSPS) is 18.3. The molecule has 1 unspecified atom stereocenters. The van der Waals surface area contributed by atoms with Gasteiger partial charge in [-0.1, -0.05) is 0 Å². The van der Waals surface area contributed by atoms with E-state index in [1.54, 1.807) is 6.92 Å². The molecular formula is C13H13N3O4S. The predicted molar refractivity (Wildman–Crippen MR) is 76.7 cm³/mol. The Morgan fingerprint density at radius 1 is 1.52 bits per heavy atom. The lowest BCUT2D eigenvalue weighted by atomic mass is 10.2. The number of aliphatic carboxylic acids is 1. The van der Waals surface area contributed by atoms with Gasteiger partial charge in [0.2, 0.25) is 0 Å². The molecule has 2 aromatic rings. The van der Waals surface area contributed by atoms with Gasteiger partial charge < -0.3 is 15.0 Å². The van der Waals surface area contributed by atoms with Crippen molar-refractivity contribution in [1.29, 1.82) is 0 Å². The van der Waals surface area contributed by atoms with Crippen molar-refractivity contribution in [2.45, 2.75) is 25.8 Å². The highest BCUT2D eigenvalue weighted by Gasteiger charge is 2.36. The smallest absolute Gasteiger partial charge is 0.326 e. The number of aryl methyl sites for hydroxylation is 1. The molecule has 0 spiro atoms. The van der Waals surface area contributed by atoms with E-state index in [2.05, 4.69) is 9.97 Å². The second kappa shape index (κ2) is 4.96. The molecule has 0 saturated carbocycles. The van der Waals surface area contributed by atoms with E-state index in [9.17, 15) is 19.5 Å². The first-order valence-corrected chi connectivity index (χ1v) is 7.33. The summed E-state index contributed by atoms with van der Waals surface area (Å²) in [5, 5.41) is 9.57. The second-order valence-electron chi connectivity index (χ2n) is 4.96. The molecule has 110 valence electrons. The van der Waals surface area contributed by atoms with Crippen molar-refractivity contribution in [3.63, 3.8) is 0 Å². The number of carbonyl (C=O) groups excluding carboxylic acids is 1. The molecule has 1 saturated heterocycles. The molecule has 2 N–H and O–H groups in total. The topological polar surface area (TPSA) is 103 Å². The Hall–Kier alpha value is -2.22. The minimum atomic E-state index is -0.990. The summed E-state index contributed by atoms with van der Waals surface area (Å²) >= 11 is 1.13. The van der Waals surface area contributed by atoms with Crippen molar-refractivity contribution in [2.24, 2.45) is 0 Å². The molecule has 1 aliphatic heterocycles. The lowest BCUT2D eigenvalue weighted by Crippen LogP contribution is -2.40. The SMILES string of the molecule is Cc1c(C(=O)N2CCCC2C(=O)O)sc2nc[nH]c(=O)c12. The Kier molecular flexibility index (Phi) is 3.25. The van der Waals surface area contributed by atoms with Crippen LogP contribution in [0, 0.1) is 6.92 Å². The Bertz CT molecular complexity index is 794. The summed E-state index contributed by atoms with van der Waals surface area (Å²) < 4.78 is 0. The van der Waals surface area contributed by atoms with E-state index in [0.717, 1.165) is 11.3 Å². The van der Waals surface area contributed by atoms with Crippen LogP contribution in [0.2, 0.25) is 0 Å². The number of fused-ring (bicyclic) bond motifs is 1. The molecule has 21 heavy (non-hydrogen) atoms. The van der Waals surface area contributed by atoms with E-state index in [4.69, 9.17) is 0 Å². The molecule has 3 rings (SSSR count). The fourth-order valence-corrected chi connectivity index (χ4v) is 3.79. The lowest BCUT2D eigenvalue weighted by Gasteiger charge is -2.20. The molecule has 0 aromatic carbocycles. The van der Waals surface area contributed by atoms with Crippen molar-refractivity contribution in [3.05, 3.63) is 27.1 Å². The number of H-pyrrole nitrogens is 1. The highest BCUT2D eigenvalue weighted by molar-refractivity contribution is 7.20. The molecule has 0 radical (unpaired) electrons. The molecule has 0 aliphatic carbocycles. The number of nitrogens with zero attached hydrogens (tertiary/aromatic N) is 2. The van der Waals surface area contributed by atoms with E-state index in [0.29, 0.717) is 40.0 Å². The fourth-order valence-electron chi connectivity index (χ4n) is 2.68. The van der Waals surface area contributed by atoms with Gasteiger partial charge >= 0.3 is 5.97 Å². The van der Waals surface area contributed by atoms with Crippen molar-refractivity contribution in [3.8, 4) is 0 Å². The molecule has 1 atom stereocenters. The van der Waals surface area contributed by atoms with E-state index in [1.807, 2.05) is 0 Å². The first-order chi connectivity index (χ1) is 10.0. The summed E-state index contributed by atoms with van der Waals surface area (Å²) in [5.74, 6) is -1.32. The van der Waals surface area contributed by atoms with Gasteiger partial charge in [-0.3, -0.25) is 9.59 Å². The first-order valence-electron chi connectivity index (χ1n) is 6.51. The van der Waals surface area contributed by atoms with Crippen molar-refractivity contribution in [1.82, 2.24) is 14.9 Å². The molecule has 0 bridgehead atoms. The Labute approximate surface area is 123 Å². The summed E-state index contributed by atoms with van der Waals surface area (Å²) in [6, 6.07) is -0.784. The first kappa shape index (κ1) is 13.7. The molecule has 1 aliphatic rings. The fraction of sp³-hybridized carbons (Fsp3) is 0.385. The van der Waals surface area contributed by atoms with Crippen LogP contribution < -0.4 is 5.56 Å². The van der Waals surface area contributed by atoms with E-state index in [1.165, 1.54) is 11.2 Å². The zero-order valence-corrected chi connectivity index (χ0v) is 12.1. The van der Waals surface area contributed by atoms with Crippen LogP contribution in [-0.2, 0) is 4.79 Å². The van der Waals surface area contributed by atoms with Gasteiger partial charge in [-0.2, -0.15) is 0 Å². The number of thiophene rings is 1.